The molecule has 0 spiro atoms. The molecule has 1 aliphatic carbocycles. The quantitative estimate of drug-likeness (QED) is 0.524. The van der Waals surface area contributed by atoms with E-state index in [0.29, 0.717) is 6.42 Å². The minimum Gasteiger partial charge on any atom is -0.392 e. The summed E-state index contributed by atoms with van der Waals surface area (Å²) in [6.07, 6.45) is 9.00. The van der Waals surface area contributed by atoms with E-state index in [2.05, 4.69) is 13.5 Å². The fraction of sp³-hybridized carbons (Fsp3) is 0.688. The highest BCUT2D eigenvalue weighted by atomic mass is 16.3. The van der Waals surface area contributed by atoms with E-state index in [-0.39, 0.29) is 24.0 Å². The first-order valence-corrected chi connectivity index (χ1v) is 7.28. The first-order chi connectivity index (χ1) is 9.10. The highest BCUT2D eigenvalue weighted by Gasteiger charge is 2.38. The van der Waals surface area contributed by atoms with Crippen LogP contribution in [0.4, 0.5) is 0 Å². The zero-order valence-electron chi connectivity index (χ0n) is 11.8. The molecule has 0 aromatic heterocycles. The summed E-state index contributed by atoms with van der Waals surface area (Å²) < 4.78 is 0. The number of hydrogen-bond donors (Lipinski definition) is 2. The van der Waals surface area contributed by atoms with E-state index < -0.39 is 12.2 Å². The van der Waals surface area contributed by atoms with Crippen LogP contribution in [0.15, 0.2) is 24.8 Å². The Labute approximate surface area is 116 Å². The monoisotopic (exact) mass is 266 g/mol. The van der Waals surface area contributed by atoms with Gasteiger partial charge in [-0.05, 0) is 12.8 Å². The first kappa shape index (κ1) is 16.1. The molecule has 1 unspecified atom stereocenters. The summed E-state index contributed by atoms with van der Waals surface area (Å²) >= 11 is 0. The van der Waals surface area contributed by atoms with Crippen molar-refractivity contribution in [2.45, 2.75) is 57.7 Å². The highest BCUT2D eigenvalue weighted by molar-refractivity contribution is 5.84. The van der Waals surface area contributed by atoms with Gasteiger partial charge in [0.25, 0.3) is 0 Å². The third-order valence-electron chi connectivity index (χ3n) is 3.81. The Kier molecular flexibility index (Phi) is 7.03. The van der Waals surface area contributed by atoms with Crippen LogP contribution in [-0.2, 0) is 4.79 Å². The number of aliphatic hydroxyl groups is 2. The molecule has 0 aliphatic heterocycles. The summed E-state index contributed by atoms with van der Waals surface area (Å²) in [5.74, 6) is -0.250. The third kappa shape index (κ3) is 4.92. The fourth-order valence-electron chi connectivity index (χ4n) is 2.66. The number of Topliss-reactive ketones (excluding diaryl/α,β-unsaturated/α-hetero) is 1. The van der Waals surface area contributed by atoms with E-state index in [1.54, 1.807) is 12.2 Å². The van der Waals surface area contributed by atoms with E-state index in [0.717, 1.165) is 25.7 Å². The lowest BCUT2D eigenvalue weighted by atomic mass is 9.90. The first-order valence-electron chi connectivity index (χ1n) is 7.28. The van der Waals surface area contributed by atoms with Gasteiger partial charge in [0.2, 0.25) is 0 Å². The number of carbonyl (C=O) groups excluding carboxylic acids is 1. The van der Waals surface area contributed by atoms with E-state index in [4.69, 9.17) is 0 Å². The number of rotatable bonds is 8. The topological polar surface area (TPSA) is 57.5 Å². The predicted molar refractivity (Wildman–Crippen MR) is 76.7 cm³/mol. The second-order valence-corrected chi connectivity index (χ2v) is 5.39. The van der Waals surface area contributed by atoms with Crippen molar-refractivity contribution in [3.05, 3.63) is 24.8 Å². The molecular formula is C16H26O3. The normalized spacial score (nSPS) is 29.0. The van der Waals surface area contributed by atoms with Gasteiger partial charge in [-0.15, -0.1) is 6.58 Å². The van der Waals surface area contributed by atoms with Crippen molar-refractivity contribution >= 4 is 5.78 Å². The van der Waals surface area contributed by atoms with Crippen molar-refractivity contribution in [1.29, 1.82) is 0 Å². The smallest absolute Gasteiger partial charge is 0.139 e. The van der Waals surface area contributed by atoms with Gasteiger partial charge in [-0.2, -0.15) is 0 Å². The van der Waals surface area contributed by atoms with E-state index in [1.165, 1.54) is 0 Å². The van der Waals surface area contributed by atoms with E-state index in [9.17, 15) is 15.0 Å². The Hall–Kier alpha value is -0.930. The van der Waals surface area contributed by atoms with Crippen LogP contribution in [0.5, 0.6) is 0 Å². The standard InChI is InChI=1S/C16H26O3/c1-3-5-6-8-12(17)9-10-14-13(7-4-2)15(18)11-16(14)19/h4,9-10,12-14,16-17,19H,2-3,5-8,11H2,1H3/t12-,13+,14+,16?/m0/s1. The van der Waals surface area contributed by atoms with Crippen molar-refractivity contribution in [3.8, 4) is 0 Å². The molecule has 1 saturated carbocycles. The molecule has 0 heterocycles. The van der Waals surface area contributed by atoms with Gasteiger partial charge in [0.05, 0.1) is 12.2 Å². The number of hydrogen-bond acceptors (Lipinski definition) is 3. The highest BCUT2D eigenvalue weighted by Crippen LogP contribution is 2.33. The van der Waals surface area contributed by atoms with Crippen LogP contribution < -0.4 is 0 Å². The van der Waals surface area contributed by atoms with Gasteiger partial charge in [0, 0.05) is 18.3 Å². The van der Waals surface area contributed by atoms with Crippen LogP contribution in [0.3, 0.4) is 0 Å². The van der Waals surface area contributed by atoms with Crippen LogP contribution in [0.2, 0.25) is 0 Å². The van der Waals surface area contributed by atoms with Gasteiger partial charge in [0.15, 0.2) is 0 Å². The lowest BCUT2D eigenvalue weighted by molar-refractivity contribution is -0.121. The van der Waals surface area contributed by atoms with Crippen LogP contribution in [0, 0.1) is 11.8 Å². The number of carbonyl (C=O) groups is 1. The van der Waals surface area contributed by atoms with Crippen LogP contribution in [0.1, 0.15) is 45.4 Å². The second kappa shape index (κ2) is 8.28. The van der Waals surface area contributed by atoms with Gasteiger partial charge in [-0.25, -0.2) is 0 Å². The Balaban J connectivity index is 2.52. The zero-order chi connectivity index (χ0) is 14.3. The van der Waals surface area contributed by atoms with Crippen molar-refractivity contribution in [3.63, 3.8) is 0 Å². The molecule has 1 rings (SSSR count). The number of allylic oxidation sites excluding steroid dienone is 1. The molecule has 19 heavy (non-hydrogen) atoms. The molecular weight excluding hydrogens is 240 g/mol. The van der Waals surface area contributed by atoms with Crippen molar-refractivity contribution in [1.82, 2.24) is 0 Å². The summed E-state index contributed by atoms with van der Waals surface area (Å²) in [5, 5.41) is 19.7. The summed E-state index contributed by atoms with van der Waals surface area (Å²) in [6.45, 7) is 5.78. The van der Waals surface area contributed by atoms with Gasteiger partial charge in [-0.3, -0.25) is 4.79 Å². The molecule has 0 amide bonds. The summed E-state index contributed by atoms with van der Waals surface area (Å²) in [6, 6.07) is 0. The predicted octanol–water partition coefficient (Wildman–Crippen LogP) is 2.63. The number of ketones is 1. The average Bonchev–Trinajstić information content (AvgIpc) is 2.63. The second-order valence-electron chi connectivity index (χ2n) is 5.39. The summed E-state index contributed by atoms with van der Waals surface area (Å²) in [5.41, 5.74) is 0. The lowest BCUT2D eigenvalue weighted by Gasteiger charge is -2.16. The molecule has 3 nitrogen and oxygen atoms in total. The molecule has 0 radical (unpaired) electrons. The van der Waals surface area contributed by atoms with Crippen molar-refractivity contribution < 1.29 is 15.0 Å². The maximum Gasteiger partial charge on any atom is 0.139 e. The molecule has 1 aliphatic rings. The Bertz CT molecular complexity index is 322. The van der Waals surface area contributed by atoms with E-state index >= 15 is 0 Å². The lowest BCUT2D eigenvalue weighted by Crippen LogP contribution is -2.18. The Morgan fingerprint density at radius 2 is 2.21 bits per heavy atom. The van der Waals surface area contributed by atoms with Gasteiger partial charge >= 0.3 is 0 Å². The van der Waals surface area contributed by atoms with Crippen molar-refractivity contribution in [2.75, 3.05) is 0 Å². The van der Waals surface area contributed by atoms with Gasteiger partial charge < -0.3 is 10.2 Å². The van der Waals surface area contributed by atoms with Crippen LogP contribution >= 0.6 is 0 Å². The maximum atomic E-state index is 11.7. The molecule has 2 N–H and O–H groups in total. The van der Waals surface area contributed by atoms with Crippen LogP contribution in [-0.4, -0.2) is 28.2 Å². The SMILES string of the molecule is C=CC[C@H]1C(=O)CC(O)[C@@H]1C=C[C@@H](O)CCCCC. The third-order valence-corrected chi connectivity index (χ3v) is 3.81. The number of aliphatic hydroxyl groups excluding tert-OH is 2. The van der Waals surface area contributed by atoms with E-state index in [1.807, 2.05) is 6.08 Å². The van der Waals surface area contributed by atoms with Gasteiger partial charge in [0.1, 0.15) is 5.78 Å². The molecule has 108 valence electrons. The largest absolute Gasteiger partial charge is 0.392 e. The summed E-state index contributed by atoms with van der Waals surface area (Å²) in [7, 11) is 0. The molecule has 3 heteroatoms. The molecule has 4 atom stereocenters. The summed E-state index contributed by atoms with van der Waals surface area (Å²) in [4.78, 5) is 11.7. The molecule has 0 bridgehead atoms. The Morgan fingerprint density at radius 3 is 2.84 bits per heavy atom. The molecule has 1 fully saturated rings. The number of unbranched alkanes of at least 4 members (excludes halogenated alkanes) is 2. The average molecular weight is 266 g/mol. The maximum absolute atomic E-state index is 11.7. The van der Waals surface area contributed by atoms with Crippen LogP contribution in [0.25, 0.3) is 0 Å². The molecule has 0 aromatic rings. The van der Waals surface area contributed by atoms with Crippen molar-refractivity contribution in [2.24, 2.45) is 11.8 Å². The minimum absolute atomic E-state index is 0.0996. The Morgan fingerprint density at radius 1 is 1.47 bits per heavy atom. The fourth-order valence-corrected chi connectivity index (χ4v) is 2.66. The molecule has 0 aromatic carbocycles. The van der Waals surface area contributed by atoms with Gasteiger partial charge in [-0.1, -0.05) is 44.4 Å². The zero-order valence-corrected chi connectivity index (χ0v) is 11.8. The minimum atomic E-state index is -0.614. The molecule has 0 saturated heterocycles.